The van der Waals surface area contributed by atoms with E-state index in [2.05, 4.69) is 17.0 Å². The van der Waals surface area contributed by atoms with Crippen molar-refractivity contribution in [2.24, 2.45) is 0 Å². The summed E-state index contributed by atoms with van der Waals surface area (Å²) in [4.78, 5) is 11.7. The molecule has 0 radical (unpaired) electrons. The van der Waals surface area contributed by atoms with Gasteiger partial charge in [-0.2, -0.15) is 0 Å². The van der Waals surface area contributed by atoms with Gasteiger partial charge < -0.3 is 25.4 Å². The molecule has 9 nitrogen and oxygen atoms in total. The van der Waals surface area contributed by atoms with E-state index >= 15 is 0 Å². The molecule has 0 saturated carbocycles. The first kappa shape index (κ1) is 22.3. The van der Waals surface area contributed by atoms with Gasteiger partial charge in [0.1, 0.15) is 24.4 Å². The van der Waals surface area contributed by atoms with Crippen molar-refractivity contribution in [2.45, 2.75) is 51.0 Å². The van der Waals surface area contributed by atoms with Gasteiger partial charge in [0.15, 0.2) is 12.1 Å². The normalized spacial score (nSPS) is 26.4. The predicted octanol–water partition coefficient (Wildman–Crippen LogP) is 0.692. The third-order valence-electron chi connectivity index (χ3n) is 5.02. The van der Waals surface area contributed by atoms with Crippen molar-refractivity contribution < 1.29 is 24.9 Å². The number of aliphatic hydroxyl groups excluding tert-OH is 3. The number of nitrogens with zero attached hydrogens (tertiary/aromatic N) is 3. The van der Waals surface area contributed by atoms with Crippen LogP contribution in [0.5, 0.6) is 0 Å². The van der Waals surface area contributed by atoms with Crippen LogP contribution in [0.15, 0.2) is 36.9 Å². The van der Waals surface area contributed by atoms with Crippen LogP contribution in [-0.2, 0) is 16.1 Å². The molecule has 1 aromatic heterocycles. The highest BCUT2D eigenvalue weighted by atomic mass is 32.1. The van der Waals surface area contributed by atoms with Gasteiger partial charge in [-0.1, -0.05) is 35.9 Å². The molecule has 5 atom stereocenters. The first-order valence-corrected chi connectivity index (χ1v) is 9.96. The van der Waals surface area contributed by atoms with Crippen molar-refractivity contribution in [1.82, 2.24) is 19.7 Å². The van der Waals surface area contributed by atoms with Gasteiger partial charge in [0.2, 0.25) is 10.7 Å². The Morgan fingerprint density at radius 1 is 1.33 bits per heavy atom. The maximum Gasteiger partial charge on any atom is 0.217 e. The van der Waals surface area contributed by atoms with Crippen LogP contribution in [0.1, 0.15) is 18.7 Å². The van der Waals surface area contributed by atoms with E-state index in [1.54, 1.807) is 10.6 Å². The summed E-state index contributed by atoms with van der Waals surface area (Å²) in [5.41, 5.74) is 1.91. The second-order valence-corrected chi connectivity index (χ2v) is 7.64. The number of aryl methyl sites for hydroxylation is 1. The molecular weight excluding hydrogens is 408 g/mol. The molecule has 1 amide bonds. The average molecular weight is 435 g/mol. The largest absolute Gasteiger partial charge is 0.394 e. The third-order valence-corrected chi connectivity index (χ3v) is 5.43. The molecule has 2 heterocycles. The number of amides is 1. The second-order valence-electron chi connectivity index (χ2n) is 7.27. The van der Waals surface area contributed by atoms with Gasteiger partial charge in [0.25, 0.3) is 0 Å². The summed E-state index contributed by atoms with van der Waals surface area (Å²) in [6.45, 7) is 6.91. The number of hydrogen-bond donors (Lipinski definition) is 4. The van der Waals surface area contributed by atoms with Gasteiger partial charge in [-0.25, -0.2) is 4.68 Å². The molecule has 1 aliphatic heterocycles. The van der Waals surface area contributed by atoms with Crippen molar-refractivity contribution in [2.75, 3.05) is 6.61 Å². The zero-order valence-electron chi connectivity index (χ0n) is 16.8. The lowest BCUT2D eigenvalue weighted by atomic mass is 9.96. The molecule has 0 spiro atoms. The Morgan fingerprint density at radius 3 is 2.57 bits per heavy atom. The fourth-order valence-electron chi connectivity index (χ4n) is 3.49. The quantitative estimate of drug-likeness (QED) is 0.390. The van der Waals surface area contributed by atoms with E-state index < -0.39 is 43.1 Å². The third kappa shape index (κ3) is 4.23. The molecule has 0 unspecified atom stereocenters. The van der Waals surface area contributed by atoms with Gasteiger partial charge >= 0.3 is 0 Å². The summed E-state index contributed by atoms with van der Waals surface area (Å²) in [5, 5.41) is 37.6. The van der Waals surface area contributed by atoms with Crippen LogP contribution in [0.4, 0.5) is 0 Å². The fourth-order valence-corrected chi connectivity index (χ4v) is 3.79. The Kier molecular flexibility index (Phi) is 6.84. The van der Waals surface area contributed by atoms with Gasteiger partial charge in [-0.05, 0) is 19.1 Å². The van der Waals surface area contributed by atoms with E-state index in [-0.39, 0.29) is 4.77 Å². The number of ether oxygens (including phenoxy) is 1. The highest BCUT2D eigenvalue weighted by Crippen LogP contribution is 2.30. The monoisotopic (exact) mass is 434 g/mol. The molecule has 0 bridgehead atoms. The Hall–Kier alpha value is -2.37. The van der Waals surface area contributed by atoms with Crippen molar-refractivity contribution in [3.8, 4) is 11.4 Å². The van der Waals surface area contributed by atoms with E-state index in [4.69, 9.17) is 17.0 Å². The topological polar surface area (TPSA) is 122 Å². The van der Waals surface area contributed by atoms with Crippen LogP contribution in [0.25, 0.3) is 11.4 Å². The zero-order chi connectivity index (χ0) is 22.0. The molecule has 1 aliphatic rings. The SMILES string of the molecule is C=CCn1c(-c2ccc(C)cc2)nn([C@@H]2O[C@H](CO)[C@@H](O)[C@H](O)[C@H]2NC(C)=O)c1=S. The molecule has 1 fully saturated rings. The van der Waals surface area contributed by atoms with Gasteiger partial charge in [0, 0.05) is 19.0 Å². The van der Waals surface area contributed by atoms with Crippen molar-refractivity contribution >= 4 is 18.1 Å². The van der Waals surface area contributed by atoms with Crippen LogP contribution in [0.3, 0.4) is 0 Å². The Morgan fingerprint density at radius 2 is 2.00 bits per heavy atom. The van der Waals surface area contributed by atoms with E-state index in [1.807, 2.05) is 31.2 Å². The van der Waals surface area contributed by atoms with Gasteiger partial charge in [0.05, 0.1) is 6.61 Å². The fraction of sp³-hybridized carbons (Fsp3) is 0.450. The molecule has 4 N–H and O–H groups in total. The molecule has 3 rings (SSSR count). The van der Waals surface area contributed by atoms with Crippen LogP contribution in [0.2, 0.25) is 0 Å². The number of rotatable bonds is 6. The summed E-state index contributed by atoms with van der Waals surface area (Å²) >= 11 is 5.61. The average Bonchev–Trinajstić information content (AvgIpc) is 3.03. The molecule has 2 aromatic rings. The lowest BCUT2D eigenvalue weighted by Crippen LogP contribution is -2.62. The number of nitrogens with one attached hydrogen (secondary N) is 1. The lowest BCUT2D eigenvalue weighted by Gasteiger charge is -2.42. The number of aliphatic hydroxyl groups is 3. The Balaban J connectivity index is 2.12. The zero-order valence-corrected chi connectivity index (χ0v) is 17.6. The number of benzene rings is 1. The summed E-state index contributed by atoms with van der Waals surface area (Å²) in [5.74, 6) is 0.143. The van der Waals surface area contributed by atoms with Crippen LogP contribution in [-0.4, -0.2) is 66.5 Å². The molecule has 10 heteroatoms. The first-order chi connectivity index (χ1) is 14.3. The molecular formula is C20H26N4O5S. The molecule has 1 saturated heterocycles. The Bertz CT molecular complexity index is 971. The number of aromatic nitrogens is 3. The van der Waals surface area contributed by atoms with Crippen molar-refractivity contribution in [1.29, 1.82) is 0 Å². The van der Waals surface area contributed by atoms with Gasteiger partial charge in [-0.3, -0.25) is 9.36 Å². The maximum atomic E-state index is 11.7. The molecule has 1 aromatic carbocycles. The molecule has 162 valence electrons. The number of carbonyl (C=O) groups is 1. The number of allylic oxidation sites excluding steroid dienone is 1. The number of carbonyl (C=O) groups excluding carboxylic acids is 1. The highest BCUT2D eigenvalue weighted by Gasteiger charge is 2.46. The van der Waals surface area contributed by atoms with E-state index in [9.17, 15) is 20.1 Å². The second kappa shape index (κ2) is 9.19. The number of hydrogen-bond acceptors (Lipinski definition) is 7. The lowest BCUT2D eigenvalue weighted by molar-refractivity contribution is -0.219. The molecule has 30 heavy (non-hydrogen) atoms. The first-order valence-electron chi connectivity index (χ1n) is 9.55. The Labute approximate surface area is 179 Å². The van der Waals surface area contributed by atoms with E-state index in [0.29, 0.717) is 12.4 Å². The maximum absolute atomic E-state index is 11.7. The minimum atomic E-state index is -1.39. The van der Waals surface area contributed by atoms with Crippen LogP contribution in [0, 0.1) is 11.7 Å². The predicted molar refractivity (Wildman–Crippen MR) is 112 cm³/mol. The smallest absolute Gasteiger partial charge is 0.217 e. The van der Waals surface area contributed by atoms with Crippen LogP contribution >= 0.6 is 12.2 Å². The molecule has 0 aliphatic carbocycles. The highest BCUT2D eigenvalue weighted by molar-refractivity contribution is 7.71. The minimum Gasteiger partial charge on any atom is -0.394 e. The van der Waals surface area contributed by atoms with E-state index in [0.717, 1.165) is 11.1 Å². The van der Waals surface area contributed by atoms with Crippen molar-refractivity contribution in [3.05, 3.63) is 47.3 Å². The van der Waals surface area contributed by atoms with Crippen molar-refractivity contribution in [3.63, 3.8) is 0 Å². The summed E-state index contributed by atoms with van der Waals surface area (Å²) in [6.07, 6.45) is -3.19. The van der Waals surface area contributed by atoms with Crippen LogP contribution < -0.4 is 5.32 Å². The summed E-state index contributed by atoms with van der Waals surface area (Å²) < 4.78 is 9.24. The van der Waals surface area contributed by atoms with Gasteiger partial charge in [-0.15, -0.1) is 11.7 Å². The summed E-state index contributed by atoms with van der Waals surface area (Å²) in [7, 11) is 0. The van der Waals surface area contributed by atoms with E-state index in [1.165, 1.54) is 11.6 Å². The summed E-state index contributed by atoms with van der Waals surface area (Å²) in [6, 6.07) is 6.71. The minimum absolute atomic E-state index is 0.283. The standard InChI is InChI=1S/C20H26N4O5S/c1-4-9-23-18(13-7-5-11(2)6-8-13)22-24(20(23)30)19-15(21-12(3)26)17(28)16(27)14(10-25)29-19/h4-8,14-17,19,25,27-28H,1,9-10H2,2-3H3,(H,21,26)/t14-,15-,16-,17-,19-/m1/s1.